The zero-order chi connectivity index (χ0) is 13.4. The molecule has 0 saturated carbocycles. The van der Waals surface area contributed by atoms with Crippen molar-refractivity contribution in [2.24, 2.45) is 0 Å². The van der Waals surface area contributed by atoms with Gasteiger partial charge in [0.2, 0.25) is 5.88 Å². The van der Waals surface area contributed by atoms with Gasteiger partial charge in [0.05, 0.1) is 10.4 Å². The number of nitrogens with two attached hydrogens (primary N) is 1. The Hall–Kier alpha value is -1.78. The number of thiophene rings is 1. The molecule has 2 heterocycles. The monoisotopic (exact) mass is 290 g/mol. The van der Waals surface area contributed by atoms with Crippen molar-refractivity contribution in [3.63, 3.8) is 0 Å². The molecule has 1 aromatic carbocycles. The summed E-state index contributed by atoms with van der Waals surface area (Å²) in [4.78, 5) is 2.25. The minimum absolute atomic E-state index is 0.309. The SMILES string of the molecule is Cc1ccc(-c2noc(N)c2-c2cccc(Cl)c2)s1. The topological polar surface area (TPSA) is 52.0 Å². The molecule has 19 heavy (non-hydrogen) atoms. The lowest BCUT2D eigenvalue weighted by Gasteiger charge is -2.01. The zero-order valence-corrected chi connectivity index (χ0v) is 11.8. The first-order valence-electron chi connectivity index (χ1n) is 5.73. The molecule has 0 radical (unpaired) electrons. The first-order valence-corrected chi connectivity index (χ1v) is 6.92. The normalized spacial score (nSPS) is 10.8. The minimum Gasteiger partial charge on any atom is -0.367 e. The van der Waals surface area contributed by atoms with Gasteiger partial charge >= 0.3 is 0 Å². The summed E-state index contributed by atoms with van der Waals surface area (Å²) in [7, 11) is 0. The Morgan fingerprint density at radius 1 is 1.26 bits per heavy atom. The molecule has 3 aromatic rings. The maximum Gasteiger partial charge on any atom is 0.230 e. The van der Waals surface area contributed by atoms with Crippen molar-refractivity contribution in [2.75, 3.05) is 5.73 Å². The predicted octanol–water partition coefficient (Wildman–Crippen LogP) is 4.61. The van der Waals surface area contributed by atoms with E-state index in [2.05, 4.69) is 12.1 Å². The molecule has 2 aromatic heterocycles. The molecule has 0 spiro atoms. The molecule has 0 fully saturated rings. The molecular weight excluding hydrogens is 280 g/mol. The lowest BCUT2D eigenvalue weighted by molar-refractivity contribution is 0.439. The van der Waals surface area contributed by atoms with Gasteiger partial charge in [-0.2, -0.15) is 0 Å². The second-order valence-electron chi connectivity index (χ2n) is 4.19. The van der Waals surface area contributed by atoms with E-state index in [1.807, 2.05) is 36.4 Å². The lowest BCUT2D eigenvalue weighted by atomic mass is 10.0. The molecule has 0 unspecified atom stereocenters. The number of benzene rings is 1. The van der Waals surface area contributed by atoms with E-state index in [9.17, 15) is 0 Å². The van der Waals surface area contributed by atoms with Gasteiger partial charge in [0.1, 0.15) is 5.69 Å². The van der Waals surface area contributed by atoms with Crippen LogP contribution in [-0.2, 0) is 0 Å². The van der Waals surface area contributed by atoms with Crippen molar-refractivity contribution in [3.05, 3.63) is 46.3 Å². The van der Waals surface area contributed by atoms with E-state index < -0.39 is 0 Å². The highest BCUT2D eigenvalue weighted by Crippen LogP contribution is 2.39. The highest BCUT2D eigenvalue weighted by atomic mass is 35.5. The van der Waals surface area contributed by atoms with E-state index in [0.717, 1.165) is 21.7 Å². The Labute approximate surface area is 119 Å². The number of nitrogens with zero attached hydrogens (tertiary/aromatic N) is 1. The third kappa shape index (κ3) is 2.25. The van der Waals surface area contributed by atoms with Crippen molar-refractivity contribution < 1.29 is 4.52 Å². The van der Waals surface area contributed by atoms with E-state index in [1.165, 1.54) is 4.88 Å². The van der Waals surface area contributed by atoms with Crippen LogP contribution in [0.25, 0.3) is 21.7 Å². The standard InChI is InChI=1S/C14H11ClN2OS/c1-8-5-6-11(19-8)13-12(14(16)18-17-13)9-3-2-4-10(15)7-9/h2-7H,16H2,1H3. The number of aromatic nitrogens is 1. The molecular formula is C14H11ClN2OS. The van der Waals surface area contributed by atoms with Gasteiger partial charge in [-0.25, -0.2) is 0 Å². The highest BCUT2D eigenvalue weighted by molar-refractivity contribution is 7.15. The van der Waals surface area contributed by atoms with Crippen molar-refractivity contribution in [2.45, 2.75) is 6.92 Å². The number of aryl methyl sites for hydroxylation is 1. The van der Waals surface area contributed by atoms with Crippen LogP contribution >= 0.6 is 22.9 Å². The van der Waals surface area contributed by atoms with E-state index in [1.54, 1.807) is 11.3 Å². The third-order valence-electron chi connectivity index (χ3n) is 2.81. The van der Waals surface area contributed by atoms with E-state index >= 15 is 0 Å². The van der Waals surface area contributed by atoms with Crippen LogP contribution in [0.5, 0.6) is 0 Å². The molecule has 3 rings (SSSR count). The first kappa shape index (κ1) is 12.3. The second kappa shape index (κ2) is 4.72. The van der Waals surface area contributed by atoms with Gasteiger partial charge in [-0.15, -0.1) is 11.3 Å². The van der Waals surface area contributed by atoms with Crippen LogP contribution in [0.3, 0.4) is 0 Å². The van der Waals surface area contributed by atoms with Crippen LogP contribution in [0.15, 0.2) is 40.9 Å². The fraction of sp³-hybridized carbons (Fsp3) is 0.0714. The number of anilines is 1. The van der Waals surface area contributed by atoms with Crippen LogP contribution in [0.2, 0.25) is 5.02 Å². The van der Waals surface area contributed by atoms with E-state index in [-0.39, 0.29) is 0 Å². The Kier molecular flexibility index (Phi) is 3.05. The molecule has 0 bridgehead atoms. The van der Waals surface area contributed by atoms with Crippen LogP contribution < -0.4 is 5.73 Å². The fourth-order valence-electron chi connectivity index (χ4n) is 1.96. The second-order valence-corrected chi connectivity index (χ2v) is 5.92. The van der Waals surface area contributed by atoms with Gasteiger partial charge in [-0.05, 0) is 36.8 Å². The Morgan fingerprint density at radius 2 is 2.11 bits per heavy atom. The predicted molar refractivity (Wildman–Crippen MR) is 79.4 cm³/mol. The molecule has 0 saturated heterocycles. The Morgan fingerprint density at radius 3 is 2.79 bits per heavy atom. The zero-order valence-electron chi connectivity index (χ0n) is 10.2. The summed E-state index contributed by atoms with van der Waals surface area (Å²) < 4.78 is 5.14. The first-order chi connectivity index (χ1) is 9.15. The Balaban J connectivity index is 2.19. The maximum atomic E-state index is 6.03. The van der Waals surface area contributed by atoms with Gasteiger partial charge in [0.25, 0.3) is 0 Å². The third-order valence-corrected chi connectivity index (χ3v) is 4.05. The number of hydrogen-bond acceptors (Lipinski definition) is 4. The summed E-state index contributed by atoms with van der Waals surface area (Å²) in [6, 6.07) is 11.6. The molecule has 2 N–H and O–H groups in total. The lowest BCUT2D eigenvalue weighted by Crippen LogP contribution is -1.86. The molecule has 0 aliphatic heterocycles. The molecule has 3 nitrogen and oxygen atoms in total. The van der Waals surface area contributed by atoms with Gasteiger partial charge in [-0.3, -0.25) is 0 Å². The van der Waals surface area contributed by atoms with Gasteiger partial charge < -0.3 is 10.3 Å². The van der Waals surface area contributed by atoms with Crippen molar-refractivity contribution in [1.29, 1.82) is 0 Å². The average Bonchev–Trinajstić information content (AvgIpc) is 2.95. The van der Waals surface area contributed by atoms with Crippen LogP contribution in [0.1, 0.15) is 4.88 Å². The van der Waals surface area contributed by atoms with Gasteiger partial charge in [0, 0.05) is 9.90 Å². The molecule has 0 atom stereocenters. The van der Waals surface area contributed by atoms with E-state index in [4.69, 9.17) is 21.9 Å². The summed E-state index contributed by atoms with van der Waals surface area (Å²) in [5.41, 5.74) is 8.37. The maximum absolute atomic E-state index is 6.03. The van der Waals surface area contributed by atoms with Crippen LogP contribution in [0.4, 0.5) is 5.88 Å². The largest absolute Gasteiger partial charge is 0.367 e. The number of nitrogen functional groups attached to an aromatic ring is 1. The Bertz CT molecular complexity index is 733. The van der Waals surface area contributed by atoms with Crippen molar-refractivity contribution in [1.82, 2.24) is 5.16 Å². The quantitative estimate of drug-likeness (QED) is 0.749. The summed E-state index contributed by atoms with van der Waals surface area (Å²) >= 11 is 7.68. The molecule has 0 aliphatic carbocycles. The minimum atomic E-state index is 0.309. The smallest absolute Gasteiger partial charge is 0.230 e. The molecule has 96 valence electrons. The number of halogens is 1. The van der Waals surface area contributed by atoms with Crippen molar-refractivity contribution >= 4 is 28.8 Å². The summed E-state index contributed by atoms with van der Waals surface area (Å²) in [6.45, 7) is 2.05. The highest BCUT2D eigenvalue weighted by Gasteiger charge is 2.18. The van der Waals surface area contributed by atoms with Crippen LogP contribution in [-0.4, -0.2) is 5.16 Å². The number of hydrogen-bond donors (Lipinski definition) is 1. The molecule has 0 aliphatic rings. The number of rotatable bonds is 2. The summed E-state index contributed by atoms with van der Waals surface area (Å²) in [5, 5.41) is 4.73. The average molecular weight is 291 g/mol. The van der Waals surface area contributed by atoms with Crippen molar-refractivity contribution in [3.8, 4) is 21.7 Å². The van der Waals surface area contributed by atoms with E-state index in [0.29, 0.717) is 10.9 Å². The molecule has 0 amide bonds. The van der Waals surface area contributed by atoms with Gasteiger partial charge in [-0.1, -0.05) is 28.9 Å². The van der Waals surface area contributed by atoms with Crippen LogP contribution in [0, 0.1) is 6.92 Å². The van der Waals surface area contributed by atoms with Gasteiger partial charge in [0.15, 0.2) is 0 Å². The molecule has 5 heteroatoms. The summed E-state index contributed by atoms with van der Waals surface area (Å²) in [6.07, 6.45) is 0. The fourth-order valence-corrected chi connectivity index (χ4v) is 3.00. The summed E-state index contributed by atoms with van der Waals surface area (Å²) in [5.74, 6) is 0.309.